The molecule has 0 spiro atoms. The van der Waals surface area contributed by atoms with Crippen LogP contribution in [0.15, 0.2) is 170 Å². The number of hydrogen-bond donors (Lipinski definition) is 1. The third-order valence-electron chi connectivity index (χ3n) is 14.9. The van der Waals surface area contributed by atoms with E-state index in [1.54, 1.807) is 0 Å². The number of benzene rings is 10. The van der Waals surface area contributed by atoms with Crippen LogP contribution < -0.4 is 31.4 Å². The zero-order chi connectivity index (χ0) is 41.8. The van der Waals surface area contributed by atoms with E-state index in [1.807, 2.05) is 0 Å². The molecule has 10 aromatic rings. The maximum absolute atomic E-state index is 4.34. The Morgan fingerprint density at radius 2 is 0.607 bits per heavy atom. The molecular weight excluding hydrogens is 775 g/mol. The summed E-state index contributed by atoms with van der Waals surface area (Å²) in [6.45, 7) is 15.2. The van der Waals surface area contributed by atoms with Crippen molar-refractivity contribution in [3.63, 3.8) is 0 Å². The molecule has 11 rings (SSSR count). The fourth-order valence-electron chi connectivity index (χ4n) is 10.7. The van der Waals surface area contributed by atoms with Crippen molar-refractivity contribution in [3.05, 3.63) is 170 Å². The Hall–Kier alpha value is -5.78. The van der Waals surface area contributed by atoms with E-state index in [-0.39, 0.29) is 0 Å². The predicted octanol–water partition coefficient (Wildman–Crippen LogP) is 13.9. The molecule has 10 aromatic carbocycles. The second kappa shape index (κ2) is 14.1. The van der Waals surface area contributed by atoms with Crippen LogP contribution in [0.2, 0.25) is 0 Å². The number of anilines is 4. The van der Waals surface area contributed by atoms with E-state index >= 15 is 0 Å². The molecule has 0 bridgehead atoms. The van der Waals surface area contributed by atoms with Crippen molar-refractivity contribution in [2.24, 2.45) is 0 Å². The molecule has 1 N–H and O–H groups in total. The molecule has 0 aromatic heterocycles. The van der Waals surface area contributed by atoms with E-state index in [0.717, 1.165) is 0 Å². The number of nitrogens with zero attached hydrogens (tertiary/aromatic N) is 1. The van der Waals surface area contributed by atoms with Gasteiger partial charge in [-0.15, -0.1) is 0 Å². The Morgan fingerprint density at radius 1 is 0.344 bits per heavy atom. The molecule has 2 nitrogen and oxygen atoms in total. The second-order valence-electron chi connectivity index (χ2n) is 18.7. The summed E-state index contributed by atoms with van der Waals surface area (Å²) in [5.74, 6) is 0. The van der Waals surface area contributed by atoms with Gasteiger partial charge in [0.05, 0.1) is 0 Å². The summed E-state index contributed by atoms with van der Waals surface area (Å²) in [6, 6.07) is 65.5. The molecule has 302 valence electrons. The molecule has 4 heteroatoms. The fourth-order valence-corrected chi connectivity index (χ4v) is 18.5. The van der Waals surface area contributed by atoms with E-state index in [9.17, 15) is 0 Å². The summed E-state index contributed by atoms with van der Waals surface area (Å²) < 4.78 is 0. The van der Waals surface area contributed by atoms with Crippen molar-refractivity contribution < 1.29 is 0 Å². The van der Waals surface area contributed by atoms with Gasteiger partial charge in [0, 0.05) is 0 Å². The first kappa shape index (κ1) is 38.2. The standard InChI is InChI=1S/C57H54N2P2/c1-36(2)60(6)54-32-44-22-14-12-20-42(44)28-50(54)58-51-29-46-24-38-16-8-10-18-40(38)26-48(46)34-55(51)61(7,37(3)4)57-35-49-27-41-19-11-9-17-39(41)25-47(49)31-53(57)59(5)52-30-43-21-13-15-23-45(43)33-56(52)60/h8-37,58,60-61H,1-7H3. The SMILES string of the molecule is CC(C)[PH]1(C)c2cc3ccccc3cc2Nc2cc3cc4ccccc4cc3cc2[PH](C)(C(C)C)c2cc3cc4ccccc4cc3cc2N(C)c2cc3ccccc3cc21. The van der Waals surface area contributed by atoms with Crippen LogP contribution in [0, 0.1) is 0 Å². The number of nitrogens with one attached hydrogen (secondary N) is 1. The molecule has 0 aliphatic carbocycles. The minimum absolute atomic E-state index is 0.376. The van der Waals surface area contributed by atoms with Crippen molar-refractivity contribution in [1.82, 2.24) is 0 Å². The van der Waals surface area contributed by atoms with Crippen molar-refractivity contribution in [1.29, 1.82) is 0 Å². The maximum atomic E-state index is 4.34. The molecule has 0 saturated heterocycles. The molecule has 0 amide bonds. The predicted molar refractivity (Wildman–Crippen MR) is 279 cm³/mol. The van der Waals surface area contributed by atoms with Gasteiger partial charge < -0.3 is 0 Å². The normalized spacial score (nSPS) is 15.9. The zero-order valence-corrected chi connectivity index (χ0v) is 38.3. The van der Waals surface area contributed by atoms with Gasteiger partial charge in [-0.05, 0) is 0 Å². The quantitative estimate of drug-likeness (QED) is 0.138. The van der Waals surface area contributed by atoms with Crippen LogP contribution in [0.3, 0.4) is 0 Å². The van der Waals surface area contributed by atoms with Gasteiger partial charge in [0.1, 0.15) is 0 Å². The first-order valence-electron chi connectivity index (χ1n) is 22.0. The van der Waals surface area contributed by atoms with E-state index in [1.165, 1.54) is 109 Å². The number of hydrogen-bond acceptors (Lipinski definition) is 2. The van der Waals surface area contributed by atoms with E-state index < -0.39 is 14.5 Å². The van der Waals surface area contributed by atoms with E-state index in [0.29, 0.717) is 11.3 Å². The van der Waals surface area contributed by atoms with Crippen molar-refractivity contribution in [3.8, 4) is 0 Å². The van der Waals surface area contributed by atoms with Gasteiger partial charge in [-0.1, -0.05) is 0 Å². The molecule has 1 aliphatic heterocycles. The molecular formula is C57H54N2P2. The molecule has 1 heterocycles. The minimum atomic E-state index is -2.64. The summed E-state index contributed by atoms with van der Waals surface area (Å²) in [5, 5.41) is 25.6. The van der Waals surface area contributed by atoms with Crippen molar-refractivity contribution in [2.75, 3.05) is 30.6 Å². The average Bonchev–Trinajstić information content (AvgIpc) is 3.27. The number of rotatable bonds is 2. The van der Waals surface area contributed by atoms with Crippen molar-refractivity contribution in [2.45, 2.75) is 39.0 Å². The van der Waals surface area contributed by atoms with Gasteiger partial charge in [0.25, 0.3) is 0 Å². The van der Waals surface area contributed by atoms with Crippen LogP contribution in [0.5, 0.6) is 0 Å². The summed E-state index contributed by atoms with van der Waals surface area (Å²) >= 11 is 0. The topological polar surface area (TPSA) is 15.3 Å². The van der Waals surface area contributed by atoms with Gasteiger partial charge in [-0.3, -0.25) is 0 Å². The Balaban J connectivity index is 1.34. The molecule has 0 unspecified atom stereocenters. The zero-order valence-electron chi connectivity index (χ0n) is 36.3. The first-order valence-corrected chi connectivity index (χ1v) is 27.2. The third-order valence-corrected chi connectivity index (χ3v) is 25.7. The summed E-state index contributed by atoms with van der Waals surface area (Å²) in [4.78, 5) is 2.61. The summed E-state index contributed by atoms with van der Waals surface area (Å²) in [6.07, 6.45) is 0. The molecule has 1 aliphatic rings. The van der Waals surface area contributed by atoms with E-state index in [2.05, 4.69) is 228 Å². The molecule has 0 fully saturated rings. The monoisotopic (exact) mass is 828 g/mol. The van der Waals surface area contributed by atoms with Crippen LogP contribution in [-0.2, 0) is 0 Å². The summed E-state index contributed by atoms with van der Waals surface area (Å²) in [5.41, 5.74) is 5.86. The van der Waals surface area contributed by atoms with E-state index in [4.69, 9.17) is 0 Å². The Kier molecular flexibility index (Phi) is 8.85. The Morgan fingerprint density at radius 3 is 1.02 bits per heavy atom. The van der Waals surface area contributed by atoms with Crippen LogP contribution in [0.1, 0.15) is 27.7 Å². The van der Waals surface area contributed by atoms with Crippen LogP contribution in [0.25, 0.3) is 64.6 Å². The van der Waals surface area contributed by atoms with Crippen LogP contribution in [0.4, 0.5) is 22.7 Å². The van der Waals surface area contributed by atoms with Gasteiger partial charge in [0.2, 0.25) is 0 Å². The molecule has 61 heavy (non-hydrogen) atoms. The van der Waals surface area contributed by atoms with Gasteiger partial charge >= 0.3 is 363 Å². The average molecular weight is 829 g/mol. The van der Waals surface area contributed by atoms with Crippen LogP contribution >= 0.6 is 14.5 Å². The van der Waals surface area contributed by atoms with Crippen molar-refractivity contribution >= 4 is 123 Å². The fraction of sp³-hybridized carbons (Fsp3) is 0.158. The molecule has 0 atom stereocenters. The van der Waals surface area contributed by atoms with Gasteiger partial charge in [-0.25, -0.2) is 0 Å². The number of fused-ring (bicyclic) bond motifs is 10. The third kappa shape index (κ3) is 5.91. The molecule has 0 radical (unpaired) electrons. The Bertz CT molecular complexity index is 3420. The Labute approximate surface area is 360 Å². The van der Waals surface area contributed by atoms with Gasteiger partial charge in [-0.2, -0.15) is 0 Å². The first-order chi connectivity index (χ1) is 29.5. The van der Waals surface area contributed by atoms with Gasteiger partial charge in [0.15, 0.2) is 0 Å². The second-order valence-corrected chi connectivity index (χ2v) is 28.0. The summed E-state index contributed by atoms with van der Waals surface area (Å²) in [7, 11) is -2.86. The van der Waals surface area contributed by atoms with Crippen LogP contribution in [-0.4, -0.2) is 31.7 Å². The molecule has 0 saturated carbocycles.